The number of nitrogens with two attached hydrogens (primary N) is 1. The Kier molecular flexibility index (Phi) is 8.29. The van der Waals surface area contributed by atoms with E-state index in [1.807, 2.05) is 31.2 Å². The van der Waals surface area contributed by atoms with Gasteiger partial charge in [-0.3, -0.25) is 4.55 Å². The van der Waals surface area contributed by atoms with Crippen LogP contribution in [0.4, 0.5) is 5.69 Å². The molecule has 1 atom stereocenters. The van der Waals surface area contributed by atoms with Gasteiger partial charge >= 0.3 is 0 Å². The highest BCUT2D eigenvalue weighted by Crippen LogP contribution is 2.17. The van der Waals surface area contributed by atoms with Gasteiger partial charge in [0.1, 0.15) is 5.75 Å². The molecule has 0 saturated carbocycles. The molecule has 1 fully saturated rings. The van der Waals surface area contributed by atoms with E-state index in [4.69, 9.17) is 15.0 Å². The molecule has 1 heterocycles. The molecular weight excluding hydrogens is 376 g/mol. The predicted molar refractivity (Wildman–Crippen MR) is 112 cm³/mol. The maximum Gasteiger partial charge on any atom is 0.294 e. The molecule has 2 aromatic carbocycles. The summed E-state index contributed by atoms with van der Waals surface area (Å²) in [4.78, 5) is 2.48. The second kappa shape index (κ2) is 10.5. The number of ether oxygens (including phenoxy) is 1. The van der Waals surface area contributed by atoms with Crippen LogP contribution in [0.1, 0.15) is 31.7 Å². The van der Waals surface area contributed by atoms with Crippen molar-refractivity contribution in [2.75, 3.05) is 25.4 Å². The Balaban J connectivity index is 0.000000221. The molecule has 7 heteroatoms. The van der Waals surface area contributed by atoms with Gasteiger partial charge in [-0.25, -0.2) is 0 Å². The lowest BCUT2D eigenvalue weighted by molar-refractivity contribution is 0.230. The third-order valence-corrected chi connectivity index (χ3v) is 5.62. The van der Waals surface area contributed by atoms with Gasteiger partial charge in [0, 0.05) is 18.3 Å². The highest BCUT2D eigenvalue weighted by atomic mass is 32.2. The lowest BCUT2D eigenvalue weighted by Gasteiger charge is -2.20. The Morgan fingerprint density at radius 2 is 1.79 bits per heavy atom. The Morgan fingerprint density at radius 1 is 1.14 bits per heavy atom. The molecule has 154 valence electrons. The minimum Gasteiger partial charge on any atom is -0.494 e. The molecule has 0 bridgehead atoms. The van der Waals surface area contributed by atoms with Crippen molar-refractivity contribution >= 4 is 15.8 Å². The van der Waals surface area contributed by atoms with Crippen LogP contribution >= 0.6 is 0 Å². The average molecular weight is 407 g/mol. The first-order chi connectivity index (χ1) is 13.3. The van der Waals surface area contributed by atoms with E-state index in [0.29, 0.717) is 0 Å². The molecule has 1 aliphatic heterocycles. The number of anilines is 1. The van der Waals surface area contributed by atoms with Crippen molar-refractivity contribution in [2.45, 2.75) is 44.0 Å². The predicted octanol–water partition coefficient (Wildman–Crippen LogP) is 3.76. The molecule has 0 aromatic heterocycles. The largest absolute Gasteiger partial charge is 0.494 e. The molecule has 6 nitrogen and oxygen atoms in total. The van der Waals surface area contributed by atoms with Crippen LogP contribution in [0, 0.1) is 6.92 Å². The number of rotatable bonds is 6. The van der Waals surface area contributed by atoms with Gasteiger partial charge in [-0.2, -0.15) is 8.42 Å². The average Bonchev–Trinajstić information content (AvgIpc) is 3.05. The first kappa shape index (κ1) is 22.2. The zero-order valence-electron chi connectivity index (χ0n) is 16.5. The number of nitrogens with zero attached hydrogens (tertiary/aromatic N) is 1. The smallest absolute Gasteiger partial charge is 0.294 e. The fraction of sp³-hybridized carbons (Fsp3) is 0.429. The van der Waals surface area contributed by atoms with E-state index in [1.165, 1.54) is 31.5 Å². The summed E-state index contributed by atoms with van der Waals surface area (Å²) >= 11 is 0. The van der Waals surface area contributed by atoms with Crippen molar-refractivity contribution in [3.05, 3.63) is 54.1 Å². The van der Waals surface area contributed by atoms with E-state index in [1.54, 1.807) is 12.1 Å². The number of nitrogen functional groups attached to an aromatic ring is 1. The molecule has 3 rings (SSSR count). The van der Waals surface area contributed by atoms with Gasteiger partial charge in [-0.1, -0.05) is 17.7 Å². The topological polar surface area (TPSA) is 92.9 Å². The zero-order valence-corrected chi connectivity index (χ0v) is 17.4. The van der Waals surface area contributed by atoms with Crippen LogP contribution in [-0.2, 0) is 10.1 Å². The van der Waals surface area contributed by atoms with E-state index >= 15 is 0 Å². The van der Waals surface area contributed by atoms with Gasteiger partial charge in [0.2, 0.25) is 0 Å². The van der Waals surface area contributed by atoms with E-state index in [9.17, 15) is 8.42 Å². The second-order valence-electron chi connectivity index (χ2n) is 7.09. The summed E-state index contributed by atoms with van der Waals surface area (Å²) in [6, 6.07) is 14.3. The van der Waals surface area contributed by atoms with Crippen LogP contribution < -0.4 is 10.5 Å². The van der Waals surface area contributed by atoms with Gasteiger partial charge in [-0.15, -0.1) is 0 Å². The van der Waals surface area contributed by atoms with Crippen LogP contribution in [0.25, 0.3) is 0 Å². The fourth-order valence-electron chi connectivity index (χ4n) is 3.06. The Labute approximate surface area is 168 Å². The summed E-state index contributed by atoms with van der Waals surface area (Å²) in [5, 5.41) is 0. The van der Waals surface area contributed by atoms with Crippen molar-refractivity contribution < 1.29 is 17.7 Å². The summed E-state index contributed by atoms with van der Waals surface area (Å²) in [6.07, 6.45) is 3.79. The highest BCUT2D eigenvalue weighted by molar-refractivity contribution is 7.85. The van der Waals surface area contributed by atoms with Crippen molar-refractivity contribution in [1.29, 1.82) is 0 Å². The Bertz CT molecular complexity index is 820. The highest BCUT2D eigenvalue weighted by Gasteiger charge is 2.18. The van der Waals surface area contributed by atoms with Gasteiger partial charge in [-0.05, 0) is 76.1 Å². The summed E-state index contributed by atoms with van der Waals surface area (Å²) in [6.45, 7) is 7.34. The third kappa shape index (κ3) is 7.50. The van der Waals surface area contributed by atoms with Gasteiger partial charge in [0.15, 0.2) is 0 Å². The summed E-state index contributed by atoms with van der Waals surface area (Å²) in [5.41, 5.74) is 7.35. The van der Waals surface area contributed by atoms with Crippen molar-refractivity contribution in [1.82, 2.24) is 4.90 Å². The van der Waals surface area contributed by atoms with Crippen molar-refractivity contribution in [3.63, 3.8) is 0 Å². The van der Waals surface area contributed by atoms with Crippen molar-refractivity contribution in [2.24, 2.45) is 0 Å². The number of hydrogen-bond acceptors (Lipinski definition) is 5. The summed E-state index contributed by atoms with van der Waals surface area (Å²) in [7, 11) is -4.02. The lowest BCUT2D eigenvalue weighted by Crippen LogP contribution is -2.28. The van der Waals surface area contributed by atoms with Crippen molar-refractivity contribution in [3.8, 4) is 5.75 Å². The standard InChI is InChI=1S/C14H22N2O.C7H8O3S/c1-12-4-2-9-16(12)10-3-11-17-14-7-5-13(15)6-8-14;1-6-2-4-7(5-3-6)11(8,9)10/h5-8,12H,2-4,9-11,15H2,1H3;2-5H,1H3,(H,8,9,10)/t12-;/m1./s1. The maximum atomic E-state index is 10.5. The number of likely N-dealkylation sites (tertiary alicyclic amines) is 1. The SMILES string of the molecule is C[C@@H]1CCCN1CCCOc1ccc(N)cc1.Cc1ccc(S(=O)(=O)O)cc1. The van der Waals surface area contributed by atoms with Crippen LogP contribution in [-0.4, -0.2) is 43.6 Å². The molecule has 28 heavy (non-hydrogen) atoms. The minimum absolute atomic E-state index is 0.0666. The third-order valence-electron chi connectivity index (χ3n) is 4.75. The number of aryl methyl sites for hydroxylation is 1. The molecule has 1 aliphatic rings. The Hall–Kier alpha value is -2.09. The molecule has 0 unspecified atom stereocenters. The number of benzene rings is 2. The van der Waals surface area contributed by atoms with Crippen LogP contribution in [0.2, 0.25) is 0 Å². The zero-order chi connectivity index (χ0) is 20.6. The van der Waals surface area contributed by atoms with E-state index in [2.05, 4.69) is 11.8 Å². The van der Waals surface area contributed by atoms with E-state index < -0.39 is 10.1 Å². The molecular formula is C21H30N2O4S. The molecule has 0 radical (unpaired) electrons. The van der Waals surface area contributed by atoms with E-state index in [0.717, 1.165) is 42.6 Å². The molecule has 0 amide bonds. The van der Waals surface area contributed by atoms with Gasteiger partial charge < -0.3 is 15.4 Å². The summed E-state index contributed by atoms with van der Waals surface area (Å²) in [5.74, 6) is 0.911. The molecule has 0 spiro atoms. The minimum atomic E-state index is -4.02. The normalized spacial score (nSPS) is 17.0. The van der Waals surface area contributed by atoms with Gasteiger partial charge in [0.25, 0.3) is 10.1 Å². The van der Waals surface area contributed by atoms with E-state index in [-0.39, 0.29) is 4.90 Å². The lowest BCUT2D eigenvalue weighted by atomic mass is 10.2. The quantitative estimate of drug-likeness (QED) is 0.431. The van der Waals surface area contributed by atoms with Crippen LogP contribution in [0.5, 0.6) is 5.75 Å². The monoisotopic (exact) mass is 406 g/mol. The number of hydrogen-bond donors (Lipinski definition) is 2. The first-order valence-electron chi connectivity index (χ1n) is 9.52. The second-order valence-corrected chi connectivity index (χ2v) is 8.51. The van der Waals surface area contributed by atoms with Crippen LogP contribution in [0.15, 0.2) is 53.4 Å². The van der Waals surface area contributed by atoms with Gasteiger partial charge in [0.05, 0.1) is 11.5 Å². The maximum absolute atomic E-state index is 10.5. The fourth-order valence-corrected chi connectivity index (χ4v) is 3.54. The first-order valence-corrected chi connectivity index (χ1v) is 11.0. The van der Waals surface area contributed by atoms with Crippen LogP contribution in [0.3, 0.4) is 0 Å². The molecule has 3 N–H and O–H groups in total. The summed E-state index contributed by atoms with van der Waals surface area (Å²) < 4.78 is 35.2. The molecule has 2 aromatic rings. The molecule has 0 aliphatic carbocycles. The molecule has 1 saturated heterocycles. The Morgan fingerprint density at radius 3 is 2.32 bits per heavy atom.